The molecule has 2 fully saturated rings. The van der Waals surface area contributed by atoms with Gasteiger partial charge in [0.2, 0.25) is 5.91 Å². The van der Waals surface area contributed by atoms with Crippen LogP contribution in [0.5, 0.6) is 0 Å². The predicted molar refractivity (Wildman–Crippen MR) is 71.4 cm³/mol. The van der Waals surface area contributed by atoms with E-state index in [0.717, 1.165) is 39.0 Å². The van der Waals surface area contributed by atoms with Gasteiger partial charge < -0.3 is 9.64 Å². The number of ether oxygens (including phenoxy) is 1. The SMILES string of the molecule is CCC(C#N)N1CCN(C(=O)C2COC(C)C2)CC1. The number of hydrogen-bond donors (Lipinski definition) is 0. The lowest BCUT2D eigenvalue weighted by Gasteiger charge is -2.37. The maximum absolute atomic E-state index is 12.3. The Morgan fingerprint density at radius 3 is 2.58 bits per heavy atom. The second kappa shape index (κ2) is 6.36. The van der Waals surface area contributed by atoms with Crippen LogP contribution in [0.3, 0.4) is 0 Å². The summed E-state index contributed by atoms with van der Waals surface area (Å²) < 4.78 is 5.47. The number of amides is 1. The second-order valence-electron chi connectivity index (χ2n) is 5.49. The Balaban J connectivity index is 1.83. The van der Waals surface area contributed by atoms with Crippen LogP contribution in [0.15, 0.2) is 0 Å². The molecule has 2 heterocycles. The first-order chi connectivity index (χ1) is 9.15. The van der Waals surface area contributed by atoms with Crippen LogP contribution in [0.1, 0.15) is 26.7 Å². The summed E-state index contributed by atoms with van der Waals surface area (Å²) in [5.74, 6) is 0.272. The maximum atomic E-state index is 12.3. The molecule has 5 nitrogen and oxygen atoms in total. The molecular formula is C14H23N3O2. The van der Waals surface area contributed by atoms with Gasteiger partial charge in [0.1, 0.15) is 0 Å². The minimum absolute atomic E-state index is 0.00733. The first kappa shape index (κ1) is 14.3. The number of carbonyl (C=O) groups is 1. The van der Waals surface area contributed by atoms with Crippen molar-refractivity contribution in [2.24, 2.45) is 5.92 Å². The van der Waals surface area contributed by atoms with Gasteiger partial charge in [-0.1, -0.05) is 6.92 Å². The summed E-state index contributed by atoms with van der Waals surface area (Å²) >= 11 is 0. The van der Waals surface area contributed by atoms with Crippen molar-refractivity contribution >= 4 is 5.91 Å². The van der Waals surface area contributed by atoms with E-state index in [4.69, 9.17) is 10.00 Å². The topological polar surface area (TPSA) is 56.6 Å². The van der Waals surface area contributed by atoms with Crippen molar-refractivity contribution in [3.8, 4) is 6.07 Å². The van der Waals surface area contributed by atoms with Gasteiger partial charge in [0, 0.05) is 26.2 Å². The molecule has 0 bridgehead atoms. The Morgan fingerprint density at radius 1 is 1.42 bits per heavy atom. The van der Waals surface area contributed by atoms with Gasteiger partial charge in [-0.15, -0.1) is 0 Å². The van der Waals surface area contributed by atoms with E-state index in [1.807, 2.05) is 18.7 Å². The average Bonchev–Trinajstić information content (AvgIpc) is 2.87. The molecule has 0 aromatic heterocycles. The summed E-state index contributed by atoms with van der Waals surface area (Å²) in [6.45, 7) is 7.70. The molecule has 2 saturated heterocycles. The van der Waals surface area contributed by atoms with E-state index in [1.165, 1.54) is 0 Å². The molecule has 5 heteroatoms. The Hall–Kier alpha value is -1.12. The van der Waals surface area contributed by atoms with Crippen molar-refractivity contribution < 1.29 is 9.53 Å². The molecule has 0 spiro atoms. The summed E-state index contributed by atoms with van der Waals surface area (Å²) in [7, 11) is 0. The largest absolute Gasteiger partial charge is 0.378 e. The molecule has 1 amide bonds. The van der Waals surface area contributed by atoms with Crippen LogP contribution in [0.2, 0.25) is 0 Å². The van der Waals surface area contributed by atoms with Crippen LogP contribution in [0, 0.1) is 17.2 Å². The zero-order chi connectivity index (χ0) is 13.8. The van der Waals surface area contributed by atoms with Crippen LogP contribution in [0.4, 0.5) is 0 Å². The summed E-state index contributed by atoms with van der Waals surface area (Å²) in [4.78, 5) is 16.4. The van der Waals surface area contributed by atoms with E-state index < -0.39 is 0 Å². The van der Waals surface area contributed by atoms with E-state index in [-0.39, 0.29) is 24.0 Å². The van der Waals surface area contributed by atoms with Crippen LogP contribution in [0.25, 0.3) is 0 Å². The molecule has 0 aliphatic carbocycles. The zero-order valence-electron chi connectivity index (χ0n) is 11.8. The van der Waals surface area contributed by atoms with E-state index in [0.29, 0.717) is 6.61 Å². The summed E-state index contributed by atoms with van der Waals surface area (Å²) in [6, 6.07) is 2.32. The molecule has 0 aromatic rings. The summed E-state index contributed by atoms with van der Waals surface area (Å²) in [6.07, 6.45) is 1.89. The first-order valence-corrected chi connectivity index (χ1v) is 7.19. The molecule has 0 aromatic carbocycles. The molecule has 3 atom stereocenters. The first-order valence-electron chi connectivity index (χ1n) is 7.19. The lowest BCUT2D eigenvalue weighted by molar-refractivity contribution is -0.137. The number of hydrogen-bond acceptors (Lipinski definition) is 4. The lowest BCUT2D eigenvalue weighted by Crippen LogP contribution is -2.52. The number of nitriles is 1. The highest BCUT2D eigenvalue weighted by Gasteiger charge is 2.33. The van der Waals surface area contributed by atoms with Gasteiger partial charge in [-0.25, -0.2) is 0 Å². The third-order valence-corrected chi connectivity index (χ3v) is 4.15. The number of rotatable bonds is 3. The van der Waals surface area contributed by atoms with Crippen LogP contribution < -0.4 is 0 Å². The molecular weight excluding hydrogens is 242 g/mol. The van der Waals surface area contributed by atoms with Crippen LogP contribution in [-0.4, -0.2) is 60.6 Å². The van der Waals surface area contributed by atoms with Crippen molar-refractivity contribution in [1.29, 1.82) is 5.26 Å². The Kier molecular flexibility index (Phi) is 4.78. The highest BCUT2D eigenvalue weighted by Crippen LogP contribution is 2.22. The smallest absolute Gasteiger partial charge is 0.228 e. The Morgan fingerprint density at radius 2 is 2.11 bits per heavy atom. The second-order valence-corrected chi connectivity index (χ2v) is 5.49. The van der Waals surface area contributed by atoms with Crippen molar-refractivity contribution in [3.63, 3.8) is 0 Å². The highest BCUT2D eigenvalue weighted by atomic mass is 16.5. The molecule has 3 unspecified atom stereocenters. The fraction of sp³-hybridized carbons (Fsp3) is 0.857. The number of piperazine rings is 1. The minimum Gasteiger partial charge on any atom is -0.378 e. The fourth-order valence-corrected chi connectivity index (χ4v) is 2.93. The van der Waals surface area contributed by atoms with Gasteiger partial charge in [0.25, 0.3) is 0 Å². The predicted octanol–water partition coefficient (Wildman–Crippen LogP) is 0.858. The van der Waals surface area contributed by atoms with Gasteiger partial charge >= 0.3 is 0 Å². The van der Waals surface area contributed by atoms with E-state index in [1.54, 1.807) is 0 Å². The molecule has 2 aliphatic heterocycles. The van der Waals surface area contributed by atoms with Gasteiger partial charge in [0.15, 0.2) is 0 Å². The van der Waals surface area contributed by atoms with E-state index in [9.17, 15) is 4.79 Å². The Bertz CT molecular complexity index is 358. The third kappa shape index (κ3) is 3.26. The molecule has 0 saturated carbocycles. The normalized spacial score (nSPS) is 30.1. The third-order valence-electron chi connectivity index (χ3n) is 4.15. The van der Waals surface area contributed by atoms with Gasteiger partial charge in [-0.05, 0) is 19.8 Å². The van der Waals surface area contributed by atoms with Crippen molar-refractivity contribution in [1.82, 2.24) is 9.80 Å². The van der Waals surface area contributed by atoms with Gasteiger partial charge in [0.05, 0.1) is 30.7 Å². The van der Waals surface area contributed by atoms with Gasteiger partial charge in [-0.2, -0.15) is 5.26 Å². The van der Waals surface area contributed by atoms with Crippen molar-refractivity contribution in [2.75, 3.05) is 32.8 Å². The van der Waals surface area contributed by atoms with Gasteiger partial charge in [-0.3, -0.25) is 9.69 Å². The Labute approximate surface area is 115 Å². The molecule has 0 radical (unpaired) electrons. The minimum atomic E-state index is -0.00733. The molecule has 106 valence electrons. The average molecular weight is 265 g/mol. The monoisotopic (exact) mass is 265 g/mol. The van der Waals surface area contributed by atoms with E-state index >= 15 is 0 Å². The number of nitrogens with zero attached hydrogens (tertiary/aromatic N) is 3. The van der Waals surface area contributed by atoms with Crippen LogP contribution in [-0.2, 0) is 9.53 Å². The molecule has 2 rings (SSSR count). The number of carbonyl (C=O) groups excluding carboxylic acids is 1. The quantitative estimate of drug-likeness (QED) is 0.759. The molecule has 2 aliphatic rings. The zero-order valence-corrected chi connectivity index (χ0v) is 11.8. The lowest BCUT2D eigenvalue weighted by atomic mass is 10.0. The molecule has 0 N–H and O–H groups in total. The summed E-state index contributed by atoms with van der Waals surface area (Å²) in [5, 5.41) is 9.07. The van der Waals surface area contributed by atoms with Crippen molar-refractivity contribution in [3.05, 3.63) is 0 Å². The van der Waals surface area contributed by atoms with E-state index in [2.05, 4.69) is 11.0 Å². The summed E-state index contributed by atoms with van der Waals surface area (Å²) in [5.41, 5.74) is 0. The van der Waals surface area contributed by atoms with Crippen LogP contribution >= 0.6 is 0 Å². The standard InChI is InChI=1S/C14H23N3O2/c1-3-13(9-15)16-4-6-17(7-5-16)14(18)12-8-11(2)19-10-12/h11-13H,3-8,10H2,1-2H3. The van der Waals surface area contributed by atoms with Crippen molar-refractivity contribution in [2.45, 2.75) is 38.8 Å². The maximum Gasteiger partial charge on any atom is 0.228 e. The molecule has 19 heavy (non-hydrogen) atoms. The highest BCUT2D eigenvalue weighted by molar-refractivity contribution is 5.79. The fourth-order valence-electron chi connectivity index (χ4n) is 2.93.